The summed E-state index contributed by atoms with van der Waals surface area (Å²) in [6, 6.07) is 17.0. The van der Waals surface area contributed by atoms with Gasteiger partial charge in [0, 0.05) is 34.4 Å². The van der Waals surface area contributed by atoms with Crippen LogP contribution in [0.2, 0.25) is 5.02 Å². The van der Waals surface area contributed by atoms with E-state index in [9.17, 15) is 14.0 Å². The van der Waals surface area contributed by atoms with E-state index >= 15 is 0 Å². The number of hydrogen-bond acceptors (Lipinski definition) is 4. The number of rotatable bonds is 3. The van der Waals surface area contributed by atoms with Gasteiger partial charge < -0.3 is 5.32 Å². The van der Waals surface area contributed by atoms with Crippen LogP contribution < -0.4 is 5.32 Å². The molecule has 6 rings (SSSR count). The summed E-state index contributed by atoms with van der Waals surface area (Å²) in [6.45, 7) is 0.657. The first-order valence-electron chi connectivity index (χ1n) is 11.1. The summed E-state index contributed by atoms with van der Waals surface area (Å²) >= 11 is 6.16. The molecule has 1 spiro atoms. The Kier molecular flexibility index (Phi) is 4.64. The number of aromatic nitrogens is 1. The molecule has 3 aromatic rings. The maximum Gasteiger partial charge on any atom is 0.250 e. The topological polar surface area (TPSA) is 62.3 Å². The molecule has 1 amide bonds. The smallest absolute Gasteiger partial charge is 0.250 e. The summed E-state index contributed by atoms with van der Waals surface area (Å²) < 4.78 is 14.5. The van der Waals surface area contributed by atoms with Gasteiger partial charge in [-0.25, -0.2) is 4.39 Å². The molecule has 2 aromatic carbocycles. The van der Waals surface area contributed by atoms with Crippen molar-refractivity contribution >= 4 is 29.0 Å². The van der Waals surface area contributed by atoms with E-state index in [1.807, 2.05) is 24.3 Å². The predicted molar refractivity (Wildman–Crippen MR) is 123 cm³/mol. The van der Waals surface area contributed by atoms with E-state index in [2.05, 4.69) is 15.2 Å². The van der Waals surface area contributed by atoms with Gasteiger partial charge in [-0.1, -0.05) is 29.8 Å². The summed E-state index contributed by atoms with van der Waals surface area (Å²) in [5.74, 6) is -1.95. The average Bonchev–Trinajstić information content (AvgIpc) is 3.48. The number of benzene rings is 2. The van der Waals surface area contributed by atoms with Gasteiger partial charge >= 0.3 is 0 Å². The minimum absolute atomic E-state index is 0.0381. The minimum Gasteiger partial charge on any atom is -0.324 e. The van der Waals surface area contributed by atoms with Gasteiger partial charge in [-0.3, -0.25) is 19.5 Å². The average molecular weight is 462 g/mol. The van der Waals surface area contributed by atoms with Gasteiger partial charge in [0.05, 0.1) is 5.92 Å². The molecule has 0 unspecified atom stereocenters. The Balaban J connectivity index is 1.63. The first-order valence-corrected chi connectivity index (χ1v) is 11.5. The zero-order valence-corrected chi connectivity index (χ0v) is 18.4. The molecule has 5 nitrogen and oxygen atoms in total. The second-order valence-corrected chi connectivity index (χ2v) is 9.38. The van der Waals surface area contributed by atoms with Crippen molar-refractivity contribution in [3.8, 4) is 0 Å². The van der Waals surface area contributed by atoms with Crippen LogP contribution in [-0.4, -0.2) is 34.2 Å². The number of fused-ring (bicyclic) bond motifs is 4. The molecule has 2 saturated heterocycles. The molecule has 3 aliphatic heterocycles. The third-order valence-electron chi connectivity index (χ3n) is 7.42. The highest BCUT2D eigenvalue weighted by atomic mass is 35.5. The lowest BCUT2D eigenvalue weighted by atomic mass is 9.69. The van der Waals surface area contributed by atoms with Crippen LogP contribution in [0, 0.1) is 11.7 Å². The highest BCUT2D eigenvalue weighted by Gasteiger charge is 2.69. The highest BCUT2D eigenvalue weighted by Crippen LogP contribution is 2.61. The van der Waals surface area contributed by atoms with Crippen molar-refractivity contribution in [3.05, 3.63) is 94.5 Å². The van der Waals surface area contributed by atoms with Crippen molar-refractivity contribution in [2.75, 3.05) is 11.9 Å². The summed E-state index contributed by atoms with van der Waals surface area (Å²) in [4.78, 5) is 34.4. The summed E-state index contributed by atoms with van der Waals surface area (Å²) in [5.41, 5.74) is 1.05. The molecule has 166 valence electrons. The van der Waals surface area contributed by atoms with E-state index in [4.69, 9.17) is 11.6 Å². The number of pyridine rings is 1. The molecule has 33 heavy (non-hydrogen) atoms. The van der Waals surface area contributed by atoms with E-state index in [1.165, 1.54) is 12.1 Å². The van der Waals surface area contributed by atoms with Crippen LogP contribution >= 0.6 is 11.6 Å². The SMILES string of the molecule is O=C(c1ccccn1)[C@@H]1[C@@H](c2ccc(Cl)cc2)[C@@H]2CCCN2[C@@]12C(=O)Nc1ccc(F)cc12. The van der Waals surface area contributed by atoms with Crippen molar-refractivity contribution in [3.63, 3.8) is 0 Å². The Morgan fingerprint density at radius 3 is 2.73 bits per heavy atom. The van der Waals surface area contributed by atoms with Gasteiger partial charge in [-0.2, -0.15) is 0 Å². The largest absolute Gasteiger partial charge is 0.324 e. The number of hydrogen-bond donors (Lipinski definition) is 1. The normalized spacial score (nSPS) is 28.1. The van der Waals surface area contributed by atoms with Crippen LogP contribution in [0.5, 0.6) is 0 Å². The summed E-state index contributed by atoms with van der Waals surface area (Å²) in [5, 5.41) is 3.55. The van der Waals surface area contributed by atoms with Crippen LogP contribution in [0.15, 0.2) is 66.9 Å². The molecular formula is C26H21ClFN3O2. The number of ketones is 1. The van der Waals surface area contributed by atoms with Crippen LogP contribution in [0.1, 0.15) is 40.4 Å². The molecule has 0 saturated carbocycles. The van der Waals surface area contributed by atoms with E-state index in [0.717, 1.165) is 18.4 Å². The van der Waals surface area contributed by atoms with Crippen LogP contribution in [-0.2, 0) is 10.3 Å². The van der Waals surface area contributed by atoms with Crippen molar-refractivity contribution in [2.45, 2.75) is 30.3 Å². The Hall–Kier alpha value is -3.09. The lowest BCUT2D eigenvalue weighted by molar-refractivity contribution is -0.127. The second-order valence-electron chi connectivity index (χ2n) is 8.95. The van der Waals surface area contributed by atoms with Gasteiger partial charge in [-0.05, 0) is 67.4 Å². The zero-order valence-electron chi connectivity index (χ0n) is 17.7. The Morgan fingerprint density at radius 2 is 1.97 bits per heavy atom. The highest BCUT2D eigenvalue weighted by molar-refractivity contribution is 6.30. The van der Waals surface area contributed by atoms with Crippen molar-refractivity contribution in [2.24, 2.45) is 5.92 Å². The van der Waals surface area contributed by atoms with Gasteiger partial charge in [0.2, 0.25) is 5.91 Å². The number of Topliss-reactive ketones (excluding diaryl/α,β-unsaturated/α-hetero) is 1. The Bertz CT molecular complexity index is 1270. The zero-order chi connectivity index (χ0) is 22.7. The molecule has 0 aliphatic carbocycles. The summed E-state index contributed by atoms with van der Waals surface area (Å²) in [7, 11) is 0. The van der Waals surface area contributed by atoms with Crippen LogP contribution in [0.3, 0.4) is 0 Å². The quantitative estimate of drug-likeness (QED) is 0.570. The molecule has 7 heteroatoms. The standard InChI is InChI=1S/C26H21ClFN3O2/c27-16-8-6-15(7-9-16)22-21-5-3-13-31(21)26(23(22)24(32)20-4-1-2-12-29-20)18-14-17(28)10-11-19(18)30-25(26)33/h1-2,4,6-12,14,21-23H,3,5,13H2,(H,30,33)/t21-,22-,23-,26+/m0/s1. The van der Waals surface area contributed by atoms with Gasteiger partial charge in [-0.15, -0.1) is 0 Å². The lowest BCUT2D eigenvalue weighted by Crippen LogP contribution is -2.53. The molecular weight excluding hydrogens is 441 g/mol. The van der Waals surface area contributed by atoms with E-state index in [-0.39, 0.29) is 23.7 Å². The molecule has 4 heterocycles. The molecule has 1 N–H and O–H groups in total. The van der Waals surface area contributed by atoms with E-state index in [0.29, 0.717) is 28.5 Å². The fraction of sp³-hybridized carbons (Fsp3) is 0.269. The monoisotopic (exact) mass is 461 g/mol. The van der Waals surface area contributed by atoms with E-state index in [1.54, 1.807) is 30.5 Å². The van der Waals surface area contributed by atoms with Crippen molar-refractivity contribution in [1.82, 2.24) is 9.88 Å². The summed E-state index contributed by atoms with van der Waals surface area (Å²) in [6.07, 6.45) is 3.33. The van der Waals surface area contributed by atoms with Crippen LogP contribution in [0.25, 0.3) is 0 Å². The fourth-order valence-electron chi connectivity index (χ4n) is 6.26. The second kappa shape index (κ2) is 7.47. The molecule has 1 aromatic heterocycles. The number of anilines is 1. The number of nitrogens with zero attached hydrogens (tertiary/aromatic N) is 2. The molecule has 0 bridgehead atoms. The first kappa shape index (κ1) is 20.5. The molecule has 3 aliphatic rings. The van der Waals surface area contributed by atoms with Gasteiger partial charge in [0.15, 0.2) is 5.78 Å². The van der Waals surface area contributed by atoms with Gasteiger partial charge in [0.25, 0.3) is 0 Å². The predicted octanol–water partition coefficient (Wildman–Crippen LogP) is 4.78. The third-order valence-corrected chi connectivity index (χ3v) is 7.67. The Labute approximate surface area is 195 Å². The maximum atomic E-state index is 14.5. The number of carbonyl (C=O) groups is 2. The lowest BCUT2D eigenvalue weighted by Gasteiger charge is -2.36. The van der Waals surface area contributed by atoms with Crippen molar-refractivity contribution in [1.29, 1.82) is 0 Å². The molecule has 0 radical (unpaired) electrons. The van der Waals surface area contributed by atoms with Gasteiger partial charge in [0.1, 0.15) is 17.1 Å². The number of halogens is 2. The van der Waals surface area contributed by atoms with Crippen molar-refractivity contribution < 1.29 is 14.0 Å². The molecule has 2 fully saturated rings. The maximum absolute atomic E-state index is 14.5. The first-order chi connectivity index (χ1) is 16.0. The van der Waals surface area contributed by atoms with Crippen LogP contribution in [0.4, 0.5) is 10.1 Å². The fourth-order valence-corrected chi connectivity index (χ4v) is 6.39. The molecule has 4 atom stereocenters. The minimum atomic E-state index is -1.29. The Morgan fingerprint density at radius 1 is 1.15 bits per heavy atom. The third kappa shape index (κ3) is 2.84. The number of carbonyl (C=O) groups excluding carboxylic acids is 2. The number of nitrogens with one attached hydrogen (secondary N) is 1. The van der Waals surface area contributed by atoms with E-state index < -0.39 is 17.3 Å². The number of amides is 1.